The van der Waals surface area contributed by atoms with Gasteiger partial charge in [-0.15, -0.1) is 10.2 Å². The molecule has 0 aliphatic carbocycles. The first-order valence-corrected chi connectivity index (χ1v) is 11.9. The van der Waals surface area contributed by atoms with Crippen LogP contribution in [0.15, 0.2) is 53.7 Å². The number of rotatable bonds is 8. The van der Waals surface area contributed by atoms with Gasteiger partial charge in [0, 0.05) is 24.5 Å². The smallest absolute Gasteiger partial charge is 0.261 e. The zero-order chi connectivity index (χ0) is 22.8. The summed E-state index contributed by atoms with van der Waals surface area (Å²) in [6.45, 7) is 1.73. The lowest BCUT2D eigenvalue weighted by Crippen LogP contribution is -2.31. The second-order valence-electron chi connectivity index (χ2n) is 7.94. The topological polar surface area (TPSA) is 86.6 Å². The van der Waals surface area contributed by atoms with Gasteiger partial charge in [0.15, 0.2) is 11.0 Å². The zero-order valence-corrected chi connectivity index (χ0v) is 19.1. The number of carbonyl (C=O) groups is 2. The van der Waals surface area contributed by atoms with Crippen LogP contribution in [-0.4, -0.2) is 63.6 Å². The lowest BCUT2D eigenvalue weighted by molar-refractivity contribution is 0.0664. The number of benzene rings is 2. The molecular formula is C24H24N4O4S. The minimum absolute atomic E-state index is 0.119. The van der Waals surface area contributed by atoms with Crippen molar-refractivity contribution in [1.29, 1.82) is 0 Å². The number of amides is 2. The largest absolute Gasteiger partial charge is 0.497 e. The standard InChI is InChI=1S/C24H24N4O4S/c1-31-17-10-8-16(9-11-17)21-25-26-24(28(21)15-18-5-4-13-32-18)33-14-12-27-22(29)19-6-2-3-7-20(19)23(27)30/h2-3,6-11,18H,4-5,12-15H2,1H3. The lowest BCUT2D eigenvalue weighted by atomic mass is 10.1. The highest BCUT2D eigenvalue weighted by atomic mass is 32.2. The molecule has 170 valence electrons. The van der Waals surface area contributed by atoms with E-state index in [1.54, 1.807) is 31.4 Å². The van der Waals surface area contributed by atoms with Gasteiger partial charge in [-0.05, 0) is 49.2 Å². The number of fused-ring (bicyclic) bond motifs is 1. The highest BCUT2D eigenvalue weighted by Gasteiger charge is 2.34. The Morgan fingerprint density at radius 3 is 2.42 bits per heavy atom. The first-order chi connectivity index (χ1) is 16.2. The molecule has 0 radical (unpaired) electrons. The van der Waals surface area contributed by atoms with Crippen molar-refractivity contribution in [2.24, 2.45) is 0 Å². The fourth-order valence-electron chi connectivity index (χ4n) is 4.18. The summed E-state index contributed by atoms with van der Waals surface area (Å²) in [5, 5.41) is 9.61. The molecule has 2 aliphatic heterocycles. The number of thioether (sulfide) groups is 1. The summed E-state index contributed by atoms with van der Waals surface area (Å²) in [4.78, 5) is 26.6. The third-order valence-electron chi connectivity index (χ3n) is 5.90. The molecular weight excluding hydrogens is 440 g/mol. The van der Waals surface area contributed by atoms with E-state index < -0.39 is 0 Å². The molecule has 1 atom stereocenters. The number of aromatic nitrogens is 3. The van der Waals surface area contributed by atoms with Crippen molar-refractivity contribution < 1.29 is 19.1 Å². The summed E-state index contributed by atoms with van der Waals surface area (Å²) >= 11 is 1.49. The molecule has 1 saturated heterocycles. The summed E-state index contributed by atoms with van der Waals surface area (Å²) in [6.07, 6.45) is 2.17. The second kappa shape index (κ2) is 9.36. The van der Waals surface area contributed by atoms with Gasteiger partial charge in [0.1, 0.15) is 5.75 Å². The Kier molecular flexibility index (Phi) is 6.15. The Morgan fingerprint density at radius 2 is 1.79 bits per heavy atom. The Labute approximate surface area is 195 Å². The van der Waals surface area contributed by atoms with E-state index in [1.165, 1.54) is 16.7 Å². The molecule has 0 bridgehead atoms. The Morgan fingerprint density at radius 1 is 1.06 bits per heavy atom. The molecule has 2 amide bonds. The fraction of sp³-hybridized carbons (Fsp3) is 0.333. The van der Waals surface area contributed by atoms with Gasteiger partial charge >= 0.3 is 0 Å². The van der Waals surface area contributed by atoms with E-state index >= 15 is 0 Å². The van der Waals surface area contributed by atoms with Crippen LogP contribution in [0.3, 0.4) is 0 Å². The molecule has 0 N–H and O–H groups in total. The molecule has 3 aromatic rings. The van der Waals surface area contributed by atoms with Crippen molar-refractivity contribution >= 4 is 23.6 Å². The van der Waals surface area contributed by atoms with Crippen LogP contribution in [0, 0.1) is 0 Å². The second-order valence-corrected chi connectivity index (χ2v) is 9.00. The number of imide groups is 1. The fourth-order valence-corrected chi connectivity index (χ4v) is 5.05. The normalized spacial score (nSPS) is 17.6. The SMILES string of the molecule is COc1ccc(-c2nnc(SCCN3C(=O)c4ccccc4C3=O)n2CC2CCCO2)cc1. The van der Waals surface area contributed by atoms with Crippen LogP contribution in [0.25, 0.3) is 11.4 Å². The highest BCUT2D eigenvalue weighted by molar-refractivity contribution is 7.99. The number of methoxy groups -OCH3 is 1. The van der Waals surface area contributed by atoms with E-state index in [-0.39, 0.29) is 17.9 Å². The Bertz CT molecular complexity index is 1140. The van der Waals surface area contributed by atoms with Gasteiger partial charge < -0.3 is 9.47 Å². The molecule has 5 rings (SSSR count). The molecule has 9 heteroatoms. The van der Waals surface area contributed by atoms with Crippen LogP contribution >= 0.6 is 11.8 Å². The summed E-state index contributed by atoms with van der Waals surface area (Å²) in [5.41, 5.74) is 1.88. The minimum atomic E-state index is -0.240. The van der Waals surface area contributed by atoms with Gasteiger partial charge in [0.2, 0.25) is 0 Å². The van der Waals surface area contributed by atoms with Crippen LogP contribution in [0.2, 0.25) is 0 Å². The number of ether oxygens (including phenoxy) is 2. The number of carbonyl (C=O) groups excluding carboxylic acids is 2. The van der Waals surface area contributed by atoms with Gasteiger partial charge in [-0.25, -0.2) is 0 Å². The molecule has 0 spiro atoms. The van der Waals surface area contributed by atoms with Crippen molar-refractivity contribution in [3.05, 3.63) is 59.7 Å². The maximum absolute atomic E-state index is 12.6. The molecule has 3 heterocycles. The number of hydrogen-bond donors (Lipinski definition) is 0. The Balaban J connectivity index is 1.33. The van der Waals surface area contributed by atoms with Crippen molar-refractivity contribution in [3.63, 3.8) is 0 Å². The van der Waals surface area contributed by atoms with Crippen molar-refractivity contribution in [3.8, 4) is 17.1 Å². The Hall–Kier alpha value is -3.17. The van der Waals surface area contributed by atoms with E-state index in [9.17, 15) is 9.59 Å². The third-order valence-corrected chi connectivity index (χ3v) is 6.85. The van der Waals surface area contributed by atoms with Crippen LogP contribution in [0.1, 0.15) is 33.6 Å². The summed E-state index contributed by atoms with van der Waals surface area (Å²) in [5.74, 6) is 1.58. The number of hydrogen-bond acceptors (Lipinski definition) is 7. The number of nitrogens with zero attached hydrogens (tertiary/aromatic N) is 4. The average molecular weight is 465 g/mol. The quantitative estimate of drug-likeness (QED) is 0.372. The van der Waals surface area contributed by atoms with E-state index in [4.69, 9.17) is 9.47 Å². The molecule has 1 fully saturated rings. The van der Waals surface area contributed by atoms with Gasteiger partial charge in [-0.1, -0.05) is 23.9 Å². The summed E-state index contributed by atoms with van der Waals surface area (Å²) in [6, 6.07) is 14.7. The van der Waals surface area contributed by atoms with Crippen molar-refractivity contribution in [2.75, 3.05) is 26.0 Å². The molecule has 0 saturated carbocycles. The predicted octanol–water partition coefficient (Wildman–Crippen LogP) is 3.52. The maximum atomic E-state index is 12.6. The van der Waals surface area contributed by atoms with E-state index in [2.05, 4.69) is 14.8 Å². The van der Waals surface area contributed by atoms with Gasteiger partial charge in [-0.3, -0.25) is 19.1 Å². The van der Waals surface area contributed by atoms with Crippen LogP contribution in [0.4, 0.5) is 0 Å². The zero-order valence-electron chi connectivity index (χ0n) is 18.3. The first-order valence-electron chi connectivity index (χ1n) is 10.9. The first kappa shape index (κ1) is 21.7. The monoisotopic (exact) mass is 464 g/mol. The van der Waals surface area contributed by atoms with Gasteiger partial charge in [0.05, 0.1) is 30.9 Å². The summed E-state index contributed by atoms with van der Waals surface area (Å²) in [7, 11) is 1.64. The van der Waals surface area contributed by atoms with Crippen LogP contribution in [-0.2, 0) is 11.3 Å². The maximum Gasteiger partial charge on any atom is 0.261 e. The van der Waals surface area contributed by atoms with Gasteiger partial charge in [0.25, 0.3) is 11.8 Å². The van der Waals surface area contributed by atoms with Crippen LogP contribution in [0.5, 0.6) is 5.75 Å². The van der Waals surface area contributed by atoms with E-state index in [1.807, 2.05) is 24.3 Å². The third kappa shape index (κ3) is 4.26. The predicted molar refractivity (Wildman–Crippen MR) is 124 cm³/mol. The summed E-state index contributed by atoms with van der Waals surface area (Å²) < 4.78 is 13.2. The van der Waals surface area contributed by atoms with Crippen molar-refractivity contribution in [2.45, 2.75) is 30.6 Å². The highest BCUT2D eigenvalue weighted by Crippen LogP contribution is 2.29. The molecule has 2 aliphatic rings. The van der Waals surface area contributed by atoms with Gasteiger partial charge in [-0.2, -0.15) is 0 Å². The molecule has 2 aromatic carbocycles. The van der Waals surface area contributed by atoms with E-state index in [0.29, 0.717) is 30.0 Å². The minimum Gasteiger partial charge on any atom is -0.497 e. The van der Waals surface area contributed by atoms with Crippen molar-refractivity contribution in [1.82, 2.24) is 19.7 Å². The lowest BCUT2D eigenvalue weighted by Gasteiger charge is -2.16. The molecule has 1 unspecified atom stereocenters. The molecule has 8 nitrogen and oxygen atoms in total. The van der Waals surface area contributed by atoms with Crippen LogP contribution < -0.4 is 4.74 Å². The molecule has 33 heavy (non-hydrogen) atoms. The molecule has 1 aromatic heterocycles. The van der Waals surface area contributed by atoms with E-state index in [0.717, 1.165) is 41.7 Å². The average Bonchev–Trinajstić information content (AvgIpc) is 3.56.